The normalized spacial score (nSPS) is 15.6. The zero-order valence-electron chi connectivity index (χ0n) is 15.0. The summed E-state index contributed by atoms with van der Waals surface area (Å²) in [6, 6.07) is 7.71. The standard InChI is InChI=1S/C20H24FN3O2/c1-15-12-22-9-6-19(15)26-14-16-7-10-24(11-8-16)13-20(25)23-18-4-2-17(21)3-5-18/h2-6,9,12,16H,7-8,10-11,13-14H2,1H3,(H,23,25). The van der Waals surface area contributed by atoms with E-state index in [-0.39, 0.29) is 11.7 Å². The Labute approximate surface area is 153 Å². The van der Waals surface area contributed by atoms with Gasteiger partial charge in [0.15, 0.2) is 0 Å². The van der Waals surface area contributed by atoms with Crippen molar-refractivity contribution >= 4 is 11.6 Å². The Hall–Kier alpha value is -2.47. The first kappa shape index (κ1) is 18.3. The van der Waals surface area contributed by atoms with Crippen LogP contribution in [-0.4, -0.2) is 42.0 Å². The van der Waals surface area contributed by atoms with Crippen LogP contribution >= 0.6 is 0 Å². The number of piperidine rings is 1. The summed E-state index contributed by atoms with van der Waals surface area (Å²) in [6.07, 6.45) is 5.56. The van der Waals surface area contributed by atoms with Crippen molar-refractivity contribution in [1.82, 2.24) is 9.88 Å². The van der Waals surface area contributed by atoms with Gasteiger partial charge in [0, 0.05) is 23.6 Å². The predicted octanol–water partition coefficient (Wildman–Crippen LogP) is 3.26. The van der Waals surface area contributed by atoms with E-state index in [9.17, 15) is 9.18 Å². The molecular formula is C20H24FN3O2. The number of amides is 1. The number of likely N-dealkylation sites (tertiary alicyclic amines) is 1. The van der Waals surface area contributed by atoms with Gasteiger partial charge in [0.2, 0.25) is 5.91 Å². The predicted molar refractivity (Wildman–Crippen MR) is 98.7 cm³/mol. The van der Waals surface area contributed by atoms with E-state index in [2.05, 4.69) is 15.2 Å². The molecule has 0 bridgehead atoms. The Kier molecular flexibility index (Phi) is 6.17. The summed E-state index contributed by atoms with van der Waals surface area (Å²) in [5.41, 5.74) is 1.66. The van der Waals surface area contributed by atoms with Crippen LogP contribution in [0.25, 0.3) is 0 Å². The summed E-state index contributed by atoms with van der Waals surface area (Å²) in [5.74, 6) is 1.01. The van der Waals surface area contributed by atoms with Gasteiger partial charge in [-0.05, 0) is 69.1 Å². The molecule has 5 nitrogen and oxygen atoms in total. The molecule has 0 unspecified atom stereocenters. The van der Waals surface area contributed by atoms with E-state index in [4.69, 9.17) is 4.74 Å². The van der Waals surface area contributed by atoms with Gasteiger partial charge >= 0.3 is 0 Å². The van der Waals surface area contributed by atoms with Gasteiger partial charge < -0.3 is 10.1 Å². The molecule has 3 rings (SSSR count). The van der Waals surface area contributed by atoms with Crippen molar-refractivity contribution in [1.29, 1.82) is 0 Å². The lowest BCUT2D eigenvalue weighted by Crippen LogP contribution is -2.40. The van der Waals surface area contributed by atoms with Crippen LogP contribution in [0, 0.1) is 18.7 Å². The fourth-order valence-corrected chi connectivity index (χ4v) is 3.08. The van der Waals surface area contributed by atoms with Crippen molar-refractivity contribution in [3.8, 4) is 5.75 Å². The molecule has 0 atom stereocenters. The quantitative estimate of drug-likeness (QED) is 0.862. The van der Waals surface area contributed by atoms with Gasteiger partial charge in [0.05, 0.1) is 13.2 Å². The van der Waals surface area contributed by atoms with Crippen LogP contribution in [-0.2, 0) is 4.79 Å². The zero-order valence-corrected chi connectivity index (χ0v) is 15.0. The highest BCUT2D eigenvalue weighted by atomic mass is 19.1. The van der Waals surface area contributed by atoms with E-state index < -0.39 is 0 Å². The SMILES string of the molecule is Cc1cnccc1OCC1CCN(CC(=O)Nc2ccc(F)cc2)CC1. The third kappa shape index (κ3) is 5.26. The van der Waals surface area contributed by atoms with Crippen LogP contribution in [0.4, 0.5) is 10.1 Å². The lowest BCUT2D eigenvalue weighted by molar-refractivity contribution is -0.117. The molecule has 1 aliphatic rings. The lowest BCUT2D eigenvalue weighted by Gasteiger charge is -2.31. The first-order chi connectivity index (χ1) is 12.6. The molecule has 6 heteroatoms. The monoisotopic (exact) mass is 357 g/mol. The van der Waals surface area contributed by atoms with Crippen molar-refractivity contribution in [2.24, 2.45) is 5.92 Å². The molecule has 1 N–H and O–H groups in total. The summed E-state index contributed by atoms with van der Waals surface area (Å²) in [4.78, 5) is 18.3. The maximum Gasteiger partial charge on any atom is 0.238 e. The zero-order chi connectivity index (χ0) is 18.4. The minimum atomic E-state index is -0.311. The number of anilines is 1. The molecule has 1 amide bonds. The maximum absolute atomic E-state index is 12.9. The van der Waals surface area contributed by atoms with E-state index in [1.165, 1.54) is 12.1 Å². The first-order valence-electron chi connectivity index (χ1n) is 8.91. The Morgan fingerprint density at radius 2 is 2.00 bits per heavy atom. The number of nitrogens with zero attached hydrogens (tertiary/aromatic N) is 2. The van der Waals surface area contributed by atoms with Crippen LogP contribution in [0.15, 0.2) is 42.7 Å². The highest BCUT2D eigenvalue weighted by Gasteiger charge is 2.21. The van der Waals surface area contributed by atoms with E-state index in [0.717, 1.165) is 37.2 Å². The van der Waals surface area contributed by atoms with Gasteiger partial charge in [-0.25, -0.2) is 4.39 Å². The van der Waals surface area contributed by atoms with Gasteiger partial charge in [-0.2, -0.15) is 0 Å². The number of hydrogen-bond acceptors (Lipinski definition) is 4. The van der Waals surface area contributed by atoms with Gasteiger partial charge in [0.25, 0.3) is 0 Å². The number of aromatic nitrogens is 1. The third-order valence-corrected chi connectivity index (χ3v) is 4.65. The van der Waals surface area contributed by atoms with Crippen LogP contribution in [0.2, 0.25) is 0 Å². The molecule has 2 aromatic rings. The van der Waals surface area contributed by atoms with Crippen molar-refractivity contribution in [3.63, 3.8) is 0 Å². The summed E-state index contributed by atoms with van der Waals surface area (Å²) < 4.78 is 18.8. The molecule has 0 saturated carbocycles. The minimum absolute atomic E-state index is 0.0706. The first-order valence-corrected chi connectivity index (χ1v) is 8.91. The van der Waals surface area contributed by atoms with E-state index in [0.29, 0.717) is 24.8 Å². The molecule has 1 aromatic carbocycles. The number of hydrogen-bond donors (Lipinski definition) is 1. The van der Waals surface area contributed by atoms with Crippen molar-refractivity contribution in [3.05, 3.63) is 54.1 Å². The smallest absolute Gasteiger partial charge is 0.238 e. The number of rotatable bonds is 6. The second-order valence-corrected chi connectivity index (χ2v) is 6.73. The van der Waals surface area contributed by atoms with Crippen LogP contribution in [0.5, 0.6) is 5.75 Å². The second-order valence-electron chi connectivity index (χ2n) is 6.73. The van der Waals surface area contributed by atoms with E-state index in [1.54, 1.807) is 24.5 Å². The number of ether oxygens (including phenoxy) is 1. The van der Waals surface area contributed by atoms with Gasteiger partial charge in [-0.1, -0.05) is 0 Å². The number of carbonyl (C=O) groups excluding carboxylic acids is 1. The molecule has 138 valence electrons. The molecule has 2 heterocycles. The van der Waals surface area contributed by atoms with Crippen molar-refractivity contribution in [2.75, 3.05) is 31.6 Å². The molecule has 26 heavy (non-hydrogen) atoms. The number of aryl methyl sites for hydroxylation is 1. The molecular weight excluding hydrogens is 333 g/mol. The Balaban J connectivity index is 1.38. The molecule has 1 saturated heterocycles. The van der Waals surface area contributed by atoms with E-state index in [1.807, 2.05) is 13.0 Å². The highest BCUT2D eigenvalue weighted by molar-refractivity contribution is 5.92. The van der Waals surface area contributed by atoms with Crippen molar-refractivity contribution in [2.45, 2.75) is 19.8 Å². The maximum atomic E-state index is 12.9. The third-order valence-electron chi connectivity index (χ3n) is 4.65. The van der Waals surface area contributed by atoms with Crippen LogP contribution < -0.4 is 10.1 Å². The lowest BCUT2D eigenvalue weighted by atomic mass is 9.98. The Bertz CT molecular complexity index is 728. The van der Waals surface area contributed by atoms with Crippen LogP contribution in [0.3, 0.4) is 0 Å². The summed E-state index contributed by atoms with van der Waals surface area (Å²) in [7, 11) is 0. The van der Waals surface area contributed by atoms with Crippen molar-refractivity contribution < 1.29 is 13.9 Å². The fraction of sp³-hybridized carbons (Fsp3) is 0.400. The Morgan fingerprint density at radius 1 is 1.27 bits per heavy atom. The topological polar surface area (TPSA) is 54.5 Å². The summed E-state index contributed by atoms with van der Waals surface area (Å²) in [6.45, 7) is 4.79. The summed E-state index contributed by atoms with van der Waals surface area (Å²) in [5, 5.41) is 2.80. The molecule has 0 spiro atoms. The van der Waals surface area contributed by atoms with Gasteiger partial charge in [-0.3, -0.25) is 14.7 Å². The fourth-order valence-electron chi connectivity index (χ4n) is 3.08. The second kappa shape index (κ2) is 8.76. The number of carbonyl (C=O) groups is 1. The molecule has 0 radical (unpaired) electrons. The average Bonchev–Trinajstić information content (AvgIpc) is 2.64. The van der Waals surface area contributed by atoms with Gasteiger partial charge in [0.1, 0.15) is 11.6 Å². The van der Waals surface area contributed by atoms with Gasteiger partial charge in [-0.15, -0.1) is 0 Å². The largest absolute Gasteiger partial charge is 0.493 e. The average molecular weight is 357 g/mol. The molecule has 1 aromatic heterocycles. The Morgan fingerprint density at radius 3 is 2.69 bits per heavy atom. The van der Waals surface area contributed by atoms with E-state index >= 15 is 0 Å². The molecule has 1 fully saturated rings. The molecule has 0 aliphatic carbocycles. The minimum Gasteiger partial charge on any atom is -0.493 e. The van der Waals surface area contributed by atoms with Crippen LogP contribution in [0.1, 0.15) is 18.4 Å². The summed E-state index contributed by atoms with van der Waals surface area (Å²) >= 11 is 0. The molecule has 1 aliphatic heterocycles. The number of halogens is 1. The number of pyridine rings is 1. The number of benzene rings is 1. The number of nitrogens with one attached hydrogen (secondary N) is 1. The highest BCUT2D eigenvalue weighted by Crippen LogP contribution is 2.21.